The number of amides is 1. The van der Waals surface area contributed by atoms with Crippen molar-refractivity contribution in [3.8, 4) is 0 Å². The molecule has 2 aromatic rings. The first-order valence-corrected chi connectivity index (χ1v) is 8.42. The second kappa shape index (κ2) is 7.49. The zero-order valence-corrected chi connectivity index (χ0v) is 14.3. The number of anilines is 2. The molecule has 24 heavy (non-hydrogen) atoms. The second-order valence-electron chi connectivity index (χ2n) is 5.55. The number of nitrogens with zero attached hydrogens (tertiary/aromatic N) is 4. The molecule has 1 aliphatic heterocycles. The Hall–Kier alpha value is -2.34. The Balaban J connectivity index is 1.66. The topological polar surface area (TPSA) is 61.4 Å². The van der Waals surface area contributed by atoms with Crippen LogP contribution in [0, 0.1) is 0 Å². The summed E-state index contributed by atoms with van der Waals surface area (Å²) < 4.78 is 0. The number of pyridine rings is 2. The van der Waals surface area contributed by atoms with Gasteiger partial charge in [-0.05, 0) is 31.2 Å². The van der Waals surface area contributed by atoms with Gasteiger partial charge in [0.25, 0.3) is 5.91 Å². The van der Waals surface area contributed by atoms with Crippen LogP contribution in [0.2, 0.25) is 5.15 Å². The van der Waals surface area contributed by atoms with E-state index in [1.54, 1.807) is 12.3 Å². The van der Waals surface area contributed by atoms with Crippen molar-refractivity contribution in [1.82, 2.24) is 15.3 Å². The lowest BCUT2D eigenvalue weighted by atomic mass is 10.2. The Morgan fingerprint density at radius 1 is 1.21 bits per heavy atom. The number of carbonyl (C=O) groups excluding carboxylic acids is 1. The summed E-state index contributed by atoms with van der Waals surface area (Å²) in [7, 11) is 0. The highest BCUT2D eigenvalue weighted by atomic mass is 35.5. The molecule has 0 aromatic carbocycles. The lowest BCUT2D eigenvalue weighted by Crippen LogP contribution is -2.47. The molecule has 6 nitrogen and oxygen atoms in total. The Morgan fingerprint density at radius 2 is 1.96 bits per heavy atom. The van der Waals surface area contributed by atoms with Crippen molar-refractivity contribution < 1.29 is 4.79 Å². The molecule has 1 aliphatic rings. The van der Waals surface area contributed by atoms with Crippen LogP contribution in [0.4, 0.5) is 11.5 Å². The van der Waals surface area contributed by atoms with Crippen LogP contribution in [0.5, 0.6) is 0 Å². The van der Waals surface area contributed by atoms with E-state index in [4.69, 9.17) is 11.6 Å². The summed E-state index contributed by atoms with van der Waals surface area (Å²) in [4.78, 5) is 24.9. The number of carbonyl (C=O) groups is 1. The van der Waals surface area contributed by atoms with Gasteiger partial charge in [0, 0.05) is 44.6 Å². The number of aromatic nitrogens is 2. The van der Waals surface area contributed by atoms with Gasteiger partial charge in [-0.25, -0.2) is 4.98 Å². The summed E-state index contributed by atoms with van der Waals surface area (Å²) in [5.74, 6) is 0.765. The quantitative estimate of drug-likeness (QED) is 0.861. The largest absolute Gasteiger partial charge is 0.368 e. The van der Waals surface area contributed by atoms with Gasteiger partial charge in [0.15, 0.2) is 0 Å². The van der Waals surface area contributed by atoms with Crippen LogP contribution in [-0.2, 0) is 0 Å². The standard InChI is InChI=1S/C17H20ClN5O/c1-2-19-17(24)14-12-13(6-7-20-14)22-8-10-23(11-9-22)16-5-3-4-15(18)21-16/h3-7,12H,2,8-11H2,1H3,(H,19,24). The third-order valence-electron chi connectivity index (χ3n) is 3.98. The van der Waals surface area contributed by atoms with Gasteiger partial charge < -0.3 is 15.1 Å². The van der Waals surface area contributed by atoms with Gasteiger partial charge in [0.2, 0.25) is 0 Å². The fourth-order valence-corrected chi connectivity index (χ4v) is 2.92. The molecule has 1 amide bonds. The maximum Gasteiger partial charge on any atom is 0.269 e. The van der Waals surface area contributed by atoms with Crippen molar-refractivity contribution in [3.05, 3.63) is 47.4 Å². The number of halogens is 1. The fourth-order valence-electron chi connectivity index (χ4n) is 2.76. The molecule has 1 N–H and O–H groups in total. The van der Waals surface area contributed by atoms with Crippen molar-refractivity contribution in [2.45, 2.75) is 6.92 Å². The van der Waals surface area contributed by atoms with E-state index in [0.29, 0.717) is 17.4 Å². The highest BCUT2D eigenvalue weighted by Gasteiger charge is 2.19. The van der Waals surface area contributed by atoms with Crippen LogP contribution in [0.15, 0.2) is 36.5 Å². The Kier molecular flexibility index (Phi) is 5.15. The molecule has 2 aromatic heterocycles. The highest BCUT2D eigenvalue weighted by molar-refractivity contribution is 6.29. The number of rotatable bonds is 4. The highest BCUT2D eigenvalue weighted by Crippen LogP contribution is 2.20. The van der Waals surface area contributed by atoms with E-state index in [1.165, 1.54) is 0 Å². The molecular formula is C17H20ClN5O. The summed E-state index contributed by atoms with van der Waals surface area (Å²) in [6.07, 6.45) is 1.69. The first kappa shape index (κ1) is 16.5. The number of nitrogens with one attached hydrogen (secondary N) is 1. The van der Waals surface area contributed by atoms with Crippen molar-refractivity contribution in [2.24, 2.45) is 0 Å². The maximum absolute atomic E-state index is 11.9. The average molecular weight is 346 g/mol. The maximum atomic E-state index is 11.9. The summed E-state index contributed by atoms with van der Waals surface area (Å²) in [6, 6.07) is 9.45. The van der Waals surface area contributed by atoms with Gasteiger partial charge in [-0.3, -0.25) is 9.78 Å². The molecule has 3 rings (SSSR count). The van der Waals surface area contributed by atoms with E-state index >= 15 is 0 Å². The second-order valence-corrected chi connectivity index (χ2v) is 5.94. The first-order valence-electron chi connectivity index (χ1n) is 8.04. The van der Waals surface area contributed by atoms with E-state index in [2.05, 4.69) is 25.1 Å². The molecule has 0 saturated carbocycles. The normalized spacial score (nSPS) is 14.6. The average Bonchev–Trinajstić information content (AvgIpc) is 2.62. The van der Waals surface area contributed by atoms with E-state index in [1.807, 2.05) is 31.2 Å². The number of hydrogen-bond donors (Lipinski definition) is 1. The fraction of sp³-hybridized carbons (Fsp3) is 0.353. The van der Waals surface area contributed by atoms with E-state index in [0.717, 1.165) is 37.7 Å². The molecule has 0 aliphatic carbocycles. The molecule has 1 fully saturated rings. The minimum Gasteiger partial charge on any atom is -0.368 e. The van der Waals surface area contributed by atoms with Gasteiger partial charge in [-0.15, -0.1) is 0 Å². The minimum absolute atomic E-state index is 0.138. The molecule has 126 valence electrons. The zero-order chi connectivity index (χ0) is 16.9. The molecule has 7 heteroatoms. The molecule has 0 bridgehead atoms. The third-order valence-corrected chi connectivity index (χ3v) is 4.19. The molecule has 1 saturated heterocycles. The van der Waals surface area contributed by atoms with E-state index in [9.17, 15) is 4.79 Å². The summed E-state index contributed by atoms with van der Waals surface area (Å²) in [6.45, 7) is 5.90. The molecule has 0 atom stereocenters. The van der Waals surface area contributed by atoms with E-state index < -0.39 is 0 Å². The Labute approximate surface area is 146 Å². The van der Waals surface area contributed by atoms with Crippen LogP contribution in [0.1, 0.15) is 17.4 Å². The molecule has 0 radical (unpaired) electrons. The molecular weight excluding hydrogens is 326 g/mol. The molecule has 3 heterocycles. The lowest BCUT2D eigenvalue weighted by Gasteiger charge is -2.36. The summed E-state index contributed by atoms with van der Waals surface area (Å²) in [5.41, 5.74) is 1.47. The van der Waals surface area contributed by atoms with Crippen molar-refractivity contribution >= 4 is 29.0 Å². The van der Waals surface area contributed by atoms with Gasteiger partial charge in [-0.2, -0.15) is 0 Å². The number of hydrogen-bond acceptors (Lipinski definition) is 5. The van der Waals surface area contributed by atoms with Crippen LogP contribution in [-0.4, -0.2) is 48.6 Å². The van der Waals surface area contributed by atoms with Gasteiger partial charge in [0.05, 0.1) is 0 Å². The van der Waals surface area contributed by atoms with Gasteiger partial charge >= 0.3 is 0 Å². The van der Waals surface area contributed by atoms with Crippen molar-refractivity contribution in [1.29, 1.82) is 0 Å². The SMILES string of the molecule is CCNC(=O)c1cc(N2CCN(c3cccc(Cl)n3)CC2)ccn1. The van der Waals surface area contributed by atoms with Crippen LogP contribution in [0.25, 0.3) is 0 Å². The Morgan fingerprint density at radius 3 is 2.67 bits per heavy atom. The predicted octanol–water partition coefficient (Wildman–Crippen LogP) is 2.21. The van der Waals surface area contributed by atoms with Crippen molar-refractivity contribution in [2.75, 3.05) is 42.5 Å². The third kappa shape index (κ3) is 3.76. The predicted molar refractivity (Wildman–Crippen MR) is 95.9 cm³/mol. The molecule has 0 spiro atoms. The minimum atomic E-state index is -0.138. The Bertz CT molecular complexity index is 716. The van der Waals surface area contributed by atoms with Crippen LogP contribution >= 0.6 is 11.6 Å². The number of piperazine rings is 1. The van der Waals surface area contributed by atoms with Crippen molar-refractivity contribution in [3.63, 3.8) is 0 Å². The van der Waals surface area contributed by atoms with Crippen LogP contribution < -0.4 is 15.1 Å². The lowest BCUT2D eigenvalue weighted by molar-refractivity contribution is 0.0951. The van der Waals surface area contributed by atoms with Gasteiger partial charge in [0.1, 0.15) is 16.7 Å². The smallest absolute Gasteiger partial charge is 0.269 e. The first-order chi connectivity index (χ1) is 11.7. The van der Waals surface area contributed by atoms with Crippen LogP contribution in [0.3, 0.4) is 0 Å². The summed E-state index contributed by atoms with van der Waals surface area (Å²) >= 11 is 5.97. The van der Waals surface area contributed by atoms with E-state index in [-0.39, 0.29) is 5.91 Å². The molecule has 0 unspecified atom stereocenters. The summed E-state index contributed by atoms with van der Waals surface area (Å²) in [5, 5.41) is 3.29. The monoisotopic (exact) mass is 345 g/mol. The van der Waals surface area contributed by atoms with Gasteiger partial charge in [-0.1, -0.05) is 17.7 Å². The zero-order valence-electron chi connectivity index (χ0n) is 13.6.